The molecule has 160 valence electrons. The summed E-state index contributed by atoms with van der Waals surface area (Å²) in [6.07, 6.45) is 27.9. The van der Waals surface area contributed by atoms with Crippen LogP contribution in [-0.4, -0.2) is 28.6 Å². The Labute approximate surface area is 171 Å². The van der Waals surface area contributed by atoms with E-state index in [-0.39, 0.29) is 0 Å². The second-order valence-electron chi connectivity index (χ2n) is 8.94. The lowest BCUT2D eigenvalue weighted by molar-refractivity contribution is 0.114. The molecule has 1 heterocycles. The first-order chi connectivity index (χ1) is 13.2. The van der Waals surface area contributed by atoms with Gasteiger partial charge in [0.2, 0.25) is 0 Å². The number of unbranched alkanes of at least 4 members (excludes halogenated alkanes) is 13. The topological polar surface area (TPSA) is 6.48 Å². The third-order valence-electron chi connectivity index (χ3n) is 6.09. The summed E-state index contributed by atoms with van der Waals surface area (Å²) in [5.74, 6) is 0. The minimum atomic E-state index is 0.611. The first-order valence-electron chi connectivity index (χ1n) is 12.4. The van der Waals surface area contributed by atoms with Crippen molar-refractivity contribution in [2.75, 3.05) is 6.54 Å². The number of hydrogen-bond donors (Lipinski definition) is 0. The lowest BCUT2D eigenvalue weighted by Gasteiger charge is -2.35. The molecule has 27 heavy (non-hydrogen) atoms. The fourth-order valence-electron chi connectivity index (χ4n) is 4.29. The van der Waals surface area contributed by atoms with E-state index in [0.29, 0.717) is 12.2 Å². The van der Waals surface area contributed by atoms with E-state index in [2.05, 4.69) is 49.9 Å². The van der Waals surface area contributed by atoms with Crippen molar-refractivity contribution in [1.82, 2.24) is 9.80 Å². The van der Waals surface area contributed by atoms with Crippen LogP contribution in [0.1, 0.15) is 130 Å². The van der Waals surface area contributed by atoms with Crippen molar-refractivity contribution in [3.05, 3.63) is 12.4 Å². The molecule has 0 aromatic rings. The monoisotopic (exact) mass is 378 g/mol. The Hall–Kier alpha value is -0.660. The first kappa shape index (κ1) is 24.4. The Morgan fingerprint density at radius 1 is 0.630 bits per heavy atom. The quantitative estimate of drug-likeness (QED) is 0.222. The van der Waals surface area contributed by atoms with Gasteiger partial charge in [0.25, 0.3) is 0 Å². The molecule has 0 saturated heterocycles. The van der Waals surface area contributed by atoms with Crippen LogP contribution in [0.5, 0.6) is 0 Å². The minimum absolute atomic E-state index is 0.611. The van der Waals surface area contributed by atoms with Crippen LogP contribution in [-0.2, 0) is 0 Å². The van der Waals surface area contributed by atoms with Gasteiger partial charge in [0.05, 0.1) is 0 Å². The molecule has 0 spiro atoms. The van der Waals surface area contributed by atoms with Crippen molar-refractivity contribution in [3.8, 4) is 0 Å². The summed E-state index contributed by atoms with van der Waals surface area (Å²) in [5.41, 5.74) is 0. The average molecular weight is 379 g/mol. The maximum absolute atomic E-state index is 2.61. The lowest BCUT2D eigenvalue weighted by Crippen LogP contribution is -2.42. The normalized spacial score (nSPS) is 16.9. The van der Waals surface area contributed by atoms with Crippen LogP contribution in [0.2, 0.25) is 0 Å². The van der Waals surface area contributed by atoms with E-state index in [4.69, 9.17) is 0 Å². The standard InChI is InChI=1S/C25H50N2/c1-5-7-9-10-11-12-13-14-15-16-17-18-19-21-26-22-23-27(24(3)4)25(26)20-8-6-2/h22-25H,5-21H2,1-4H3. The van der Waals surface area contributed by atoms with Crippen LogP contribution in [0.4, 0.5) is 0 Å². The molecule has 0 saturated carbocycles. The van der Waals surface area contributed by atoms with E-state index >= 15 is 0 Å². The Kier molecular flexibility index (Phi) is 14.7. The maximum Gasteiger partial charge on any atom is 0.101 e. The van der Waals surface area contributed by atoms with Crippen LogP contribution >= 0.6 is 0 Å². The highest BCUT2D eigenvalue weighted by atomic mass is 15.4. The van der Waals surface area contributed by atoms with Gasteiger partial charge in [-0.05, 0) is 33.1 Å². The van der Waals surface area contributed by atoms with Crippen molar-refractivity contribution in [3.63, 3.8) is 0 Å². The van der Waals surface area contributed by atoms with Gasteiger partial charge in [0.1, 0.15) is 6.17 Å². The highest BCUT2D eigenvalue weighted by molar-refractivity contribution is 4.98. The smallest absolute Gasteiger partial charge is 0.101 e. The minimum Gasteiger partial charge on any atom is -0.356 e. The molecular weight excluding hydrogens is 328 g/mol. The van der Waals surface area contributed by atoms with Gasteiger partial charge in [0, 0.05) is 25.0 Å². The summed E-state index contributed by atoms with van der Waals surface area (Å²) in [6.45, 7) is 10.5. The summed E-state index contributed by atoms with van der Waals surface area (Å²) < 4.78 is 0. The van der Waals surface area contributed by atoms with Crippen LogP contribution in [0, 0.1) is 0 Å². The van der Waals surface area contributed by atoms with Crippen molar-refractivity contribution in [2.45, 2.75) is 143 Å². The van der Waals surface area contributed by atoms with Crippen LogP contribution in [0.25, 0.3) is 0 Å². The van der Waals surface area contributed by atoms with E-state index in [1.165, 1.54) is 109 Å². The van der Waals surface area contributed by atoms with E-state index in [1.54, 1.807) is 0 Å². The van der Waals surface area contributed by atoms with Gasteiger partial charge in [-0.3, -0.25) is 0 Å². The maximum atomic E-state index is 2.61. The molecule has 1 atom stereocenters. The first-order valence-corrected chi connectivity index (χ1v) is 12.4. The molecule has 1 rings (SSSR count). The van der Waals surface area contributed by atoms with Gasteiger partial charge in [-0.25, -0.2) is 0 Å². The Balaban J connectivity index is 1.98. The summed E-state index contributed by atoms with van der Waals surface area (Å²) in [5, 5.41) is 0. The third-order valence-corrected chi connectivity index (χ3v) is 6.09. The molecule has 1 aliphatic heterocycles. The van der Waals surface area contributed by atoms with Gasteiger partial charge < -0.3 is 9.80 Å². The molecule has 2 heteroatoms. The molecule has 1 unspecified atom stereocenters. The van der Waals surface area contributed by atoms with Crippen LogP contribution in [0.15, 0.2) is 12.4 Å². The summed E-state index contributed by atoms with van der Waals surface area (Å²) in [7, 11) is 0. The third kappa shape index (κ3) is 11.1. The number of hydrogen-bond acceptors (Lipinski definition) is 2. The van der Waals surface area contributed by atoms with Gasteiger partial charge in [-0.2, -0.15) is 0 Å². The summed E-state index contributed by atoms with van der Waals surface area (Å²) in [4.78, 5) is 5.16. The van der Waals surface area contributed by atoms with Crippen LogP contribution < -0.4 is 0 Å². The highest BCUT2D eigenvalue weighted by Crippen LogP contribution is 2.24. The van der Waals surface area contributed by atoms with Gasteiger partial charge >= 0.3 is 0 Å². The van der Waals surface area contributed by atoms with E-state index < -0.39 is 0 Å². The summed E-state index contributed by atoms with van der Waals surface area (Å²) >= 11 is 0. The zero-order valence-electron chi connectivity index (χ0n) is 19.2. The molecule has 0 N–H and O–H groups in total. The van der Waals surface area contributed by atoms with Crippen molar-refractivity contribution in [2.24, 2.45) is 0 Å². The van der Waals surface area contributed by atoms with E-state index in [1.807, 2.05) is 0 Å². The molecule has 0 amide bonds. The molecule has 0 aromatic heterocycles. The van der Waals surface area contributed by atoms with Crippen molar-refractivity contribution >= 4 is 0 Å². The average Bonchev–Trinajstić information content (AvgIpc) is 3.06. The van der Waals surface area contributed by atoms with Crippen LogP contribution in [0.3, 0.4) is 0 Å². The molecule has 0 radical (unpaired) electrons. The van der Waals surface area contributed by atoms with Crippen molar-refractivity contribution in [1.29, 1.82) is 0 Å². The Morgan fingerprint density at radius 3 is 1.59 bits per heavy atom. The van der Waals surface area contributed by atoms with Gasteiger partial charge in [-0.15, -0.1) is 0 Å². The van der Waals surface area contributed by atoms with Gasteiger partial charge in [0.15, 0.2) is 0 Å². The fourth-order valence-corrected chi connectivity index (χ4v) is 4.29. The number of nitrogens with zero attached hydrogens (tertiary/aromatic N) is 2. The Bertz CT molecular complexity index is 350. The lowest BCUT2D eigenvalue weighted by atomic mass is 10.0. The molecule has 0 bridgehead atoms. The summed E-state index contributed by atoms with van der Waals surface area (Å²) in [6, 6.07) is 0.611. The largest absolute Gasteiger partial charge is 0.356 e. The predicted molar refractivity (Wildman–Crippen MR) is 122 cm³/mol. The Morgan fingerprint density at radius 2 is 1.11 bits per heavy atom. The number of rotatable bonds is 18. The highest BCUT2D eigenvalue weighted by Gasteiger charge is 2.26. The second-order valence-corrected chi connectivity index (χ2v) is 8.94. The molecule has 0 fully saturated rings. The fraction of sp³-hybridized carbons (Fsp3) is 0.920. The zero-order valence-corrected chi connectivity index (χ0v) is 19.2. The van der Waals surface area contributed by atoms with E-state index in [0.717, 1.165) is 0 Å². The van der Waals surface area contributed by atoms with E-state index in [9.17, 15) is 0 Å². The van der Waals surface area contributed by atoms with Gasteiger partial charge in [-0.1, -0.05) is 97.3 Å². The van der Waals surface area contributed by atoms with Crippen molar-refractivity contribution < 1.29 is 0 Å². The molecule has 1 aliphatic rings. The molecule has 0 aliphatic carbocycles. The SMILES string of the molecule is CCCCCCCCCCCCCCCN1C=CN(C(C)C)C1CCCC. The molecule has 0 aromatic carbocycles. The molecular formula is C25H50N2. The molecule has 2 nitrogen and oxygen atoms in total. The predicted octanol–water partition coefficient (Wildman–Crippen LogP) is 8.09. The zero-order chi connectivity index (χ0) is 19.7. The second kappa shape index (κ2) is 16.3.